The van der Waals surface area contributed by atoms with E-state index in [-0.39, 0.29) is 11.6 Å². The van der Waals surface area contributed by atoms with Gasteiger partial charge in [0.05, 0.1) is 16.9 Å². The molecule has 0 saturated carbocycles. The van der Waals surface area contributed by atoms with Crippen molar-refractivity contribution in [2.24, 2.45) is 0 Å². The average Bonchev–Trinajstić information content (AvgIpc) is 2.05. The van der Waals surface area contributed by atoms with E-state index in [1.54, 1.807) is 6.07 Å². The topological polar surface area (TPSA) is 67.2 Å². The molecule has 2 rings (SSSR count). The van der Waals surface area contributed by atoms with Crippen molar-refractivity contribution in [2.75, 3.05) is 11.1 Å². The fraction of sp³-hybridized carbons (Fsp3) is 0.300. The van der Waals surface area contributed by atoms with Gasteiger partial charge < -0.3 is 16.4 Å². The van der Waals surface area contributed by atoms with Crippen molar-refractivity contribution in [3.63, 3.8) is 0 Å². The predicted molar refractivity (Wildman–Crippen MR) is 56.0 cm³/mol. The largest absolute Gasteiger partial charge is 0.397 e. The van der Waals surface area contributed by atoms with Gasteiger partial charge in [0.25, 0.3) is 0 Å². The van der Waals surface area contributed by atoms with Crippen LogP contribution in [0.1, 0.15) is 19.4 Å². The summed E-state index contributed by atoms with van der Waals surface area (Å²) in [6.45, 7) is 3.90. The molecule has 4 nitrogen and oxygen atoms in total. The minimum absolute atomic E-state index is 0.208. The van der Waals surface area contributed by atoms with Crippen LogP contribution in [-0.4, -0.2) is 6.03 Å². The van der Waals surface area contributed by atoms with Gasteiger partial charge >= 0.3 is 6.03 Å². The molecular formula is C10H13N3O. The van der Waals surface area contributed by atoms with E-state index in [0.29, 0.717) is 5.69 Å². The number of hydrogen-bond acceptors (Lipinski definition) is 2. The summed E-state index contributed by atoms with van der Waals surface area (Å²) < 4.78 is 0. The SMILES string of the molecule is CC1(C)NC(=O)Nc2c(N)cccc21. The molecule has 1 aromatic carbocycles. The maximum Gasteiger partial charge on any atom is 0.319 e. The zero-order valence-electron chi connectivity index (χ0n) is 8.22. The number of anilines is 2. The summed E-state index contributed by atoms with van der Waals surface area (Å²) in [5.41, 5.74) is 7.75. The molecule has 1 aliphatic rings. The standard InChI is InChI=1S/C10H13N3O/c1-10(2)6-4-3-5-7(11)8(6)12-9(14)13-10/h3-5H,11H2,1-2H3,(H2,12,13,14). The van der Waals surface area contributed by atoms with E-state index in [1.807, 2.05) is 26.0 Å². The molecular weight excluding hydrogens is 178 g/mol. The Kier molecular flexibility index (Phi) is 1.67. The van der Waals surface area contributed by atoms with E-state index in [9.17, 15) is 4.79 Å². The van der Waals surface area contributed by atoms with Gasteiger partial charge in [-0.15, -0.1) is 0 Å². The molecule has 0 aromatic heterocycles. The highest BCUT2D eigenvalue weighted by Crippen LogP contribution is 2.34. The number of amides is 2. The Labute approximate surface area is 82.5 Å². The van der Waals surface area contributed by atoms with E-state index in [4.69, 9.17) is 5.73 Å². The van der Waals surface area contributed by atoms with Gasteiger partial charge in [-0.2, -0.15) is 0 Å². The molecule has 0 atom stereocenters. The van der Waals surface area contributed by atoms with E-state index in [2.05, 4.69) is 10.6 Å². The molecule has 14 heavy (non-hydrogen) atoms. The van der Waals surface area contributed by atoms with Gasteiger partial charge in [0.2, 0.25) is 0 Å². The number of hydrogen-bond donors (Lipinski definition) is 3. The molecule has 0 aliphatic carbocycles. The highest BCUT2D eigenvalue weighted by molar-refractivity contribution is 5.97. The number of carbonyl (C=O) groups is 1. The van der Waals surface area contributed by atoms with Gasteiger partial charge in [0, 0.05) is 5.56 Å². The van der Waals surface area contributed by atoms with Gasteiger partial charge in [-0.05, 0) is 19.9 Å². The molecule has 0 bridgehead atoms. The number of para-hydroxylation sites is 1. The molecule has 4 heteroatoms. The summed E-state index contributed by atoms with van der Waals surface area (Å²) in [7, 11) is 0. The molecule has 0 fully saturated rings. The van der Waals surface area contributed by atoms with E-state index in [0.717, 1.165) is 11.3 Å². The van der Waals surface area contributed by atoms with Crippen molar-refractivity contribution in [2.45, 2.75) is 19.4 Å². The second-order valence-corrected chi connectivity index (χ2v) is 3.97. The fourth-order valence-electron chi connectivity index (χ4n) is 1.73. The predicted octanol–water partition coefficient (Wildman–Crippen LogP) is 1.64. The van der Waals surface area contributed by atoms with Crippen LogP contribution < -0.4 is 16.4 Å². The molecule has 1 heterocycles. The number of rotatable bonds is 0. The Morgan fingerprint density at radius 2 is 2.07 bits per heavy atom. The van der Waals surface area contributed by atoms with Gasteiger partial charge in [-0.3, -0.25) is 0 Å². The van der Waals surface area contributed by atoms with E-state index in [1.165, 1.54) is 0 Å². The van der Waals surface area contributed by atoms with Gasteiger partial charge in [-0.1, -0.05) is 12.1 Å². The van der Waals surface area contributed by atoms with Crippen LogP contribution in [0.5, 0.6) is 0 Å². The Morgan fingerprint density at radius 3 is 2.79 bits per heavy atom. The molecule has 0 spiro atoms. The normalized spacial score (nSPS) is 18.0. The minimum atomic E-state index is -0.368. The summed E-state index contributed by atoms with van der Waals surface area (Å²) in [4.78, 5) is 11.3. The van der Waals surface area contributed by atoms with E-state index >= 15 is 0 Å². The zero-order valence-corrected chi connectivity index (χ0v) is 8.22. The van der Waals surface area contributed by atoms with Crippen LogP contribution in [0.4, 0.5) is 16.2 Å². The van der Waals surface area contributed by atoms with Crippen LogP contribution in [0, 0.1) is 0 Å². The lowest BCUT2D eigenvalue weighted by molar-refractivity contribution is 0.239. The Bertz CT molecular complexity index is 398. The summed E-state index contributed by atoms with van der Waals surface area (Å²) in [6.07, 6.45) is 0. The molecule has 2 amide bonds. The van der Waals surface area contributed by atoms with Crippen LogP contribution in [0.3, 0.4) is 0 Å². The molecule has 1 aromatic rings. The van der Waals surface area contributed by atoms with Crippen molar-refractivity contribution < 1.29 is 4.79 Å². The molecule has 1 aliphatic heterocycles. The first-order valence-corrected chi connectivity index (χ1v) is 4.49. The van der Waals surface area contributed by atoms with Crippen molar-refractivity contribution in [3.05, 3.63) is 23.8 Å². The number of carbonyl (C=O) groups excluding carboxylic acids is 1. The highest BCUT2D eigenvalue weighted by Gasteiger charge is 2.31. The third kappa shape index (κ3) is 1.19. The quantitative estimate of drug-likeness (QED) is 0.546. The van der Waals surface area contributed by atoms with Crippen molar-refractivity contribution in [1.82, 2.24) is 5.32 Å². The Hall–Kier alpha value is -1.71. The lowest BCUT2D eigenvalue weighted by atomic mass is 9.90. The molecule has 0 saturated heterocycles. The molecule has 0 radical (unpaired) electrons. The van der Waals surface area contributed by atoms with Crippen molar-refractivity contribution in [3.8, 4) is 0 Å². The highest BCUT2D eigenvalue weighted by atomic mass is 16.2. The van der Waals surface area contributed by atoms with Gasteiger partial charge in [0.15, 0.2) is 0 Å². The fourth-order valence-corrected chi connectivity index (χ4v) is 1.73. The summed E-state index contributed by atoms with van der Waals surface area (Å²) in [5.74, 6) is 0. The van der Waals surface area contributed by atoms with Crippen LogP contribution in [-0.2, 0) is 5.54 Å². The van der Waals surface area contributed by atoms with Crippen LogP contribution >= 0.6 is 0 Å². The molecule has 4 N–H and O–H groups in total. The number of urea groups is 1. The first kappa shape index (κ1) is 8.87. The Balaban J connectivity index is 2.63. The summed E-state index contributed by atoms with van der Waals surface area (Å²) >= 11 is 0. The maximum absolute atomic E-state index is 11.3. The number of nitrogen functional groups attached to an aromatic ring is 1. The third-order valence-electron chi connectivity index (χ3n) is 2.43. The molecule has 74 valence electrons. The van der Waals surface area contributed by atoms with Crippen LogP contribution in [0.25, 0.3) is 0 Å². The van der Waals surface area contributed by atoms with Crippen molar-refractivity contribution >= 4 is 17.4 Å². The first-order chi connectivity index (χ1) is 6.50. The van der Waals surface area contributed by atoms with Crippen LogP contribution in [0.2, 0.25) is 0 Å². The zero-order chi connectivity index (χ0) is 10.3. The minimum Gasteiger partial charge on any atom is -0.397 e. The smallest absolute Gasteiger partial charge is 0.319 e. The second kappa shape index (κ2) is 2.64. The van der Waals surface area contributed by atoms with Crippen LogP contribution in [0.15, 0.2) is 18.2 Å². The molecule has 0 unspecified atom stereocenters. The third-order valence-corrected chi connectivity index (χ3v) is 2.43. The first-order valence-electron chi connectivity index (χ1n) is 4.49. The monoisotopic (exact) mass is 191 g/mol. The van der Waals surface area contributed by atoms with E-state index < -0.39 is 0 Å². The van der Waals surface area contributed by atoms with Gasteiger partial charge in [0.1, 0.15) is 0 Å². The number of nitrogens with one attached hydrogen (secondary N) is 2. The lowest BCUT2D eigenvalue weighted by Gasteiger charge is -2.34. The number of nitrogens with two attached hydrogens (primary N) is 1. The number of fused-ring (bicyclic) bond motifs is 1. The second-order valence-electron chi connectivity index (χ2n) is 3.97. The Morgan fingerprint density at radius 1 is 1.36 bits per heavy atom. The van der Waals surface area contributed by atoms with Gasteiger partial charge in [-0.25, -0.2) is 4.79 Å². The van der Waals surface area contributed by atoms with Crippen molar-refractivity contribution in [1.29, 1.82) is 0 Å². The number of benzene rings is 1. The summed E-state index contributed by atoms with van der Waals surface area (Å²) in [5, 5.41) is 5.54. The summed E-state index contributed by atoms with van der Waals surface area (Å²) in [6, 6.07) is 5.41. The average molecular weight is 191 g/mol. The lowest BCUT2D eigenvalue weighted by Crippen LogP contribution is -2.48. The maximum atomic E-state index is 11.3.